The first-order valence-corrected chi connectivity index (χ1v) is 10.5. The monoisotopic (exact) mass is 398 g/mol. The van der Waals surface area contributed by atoms with Crippen molar-refractivity contribution in [1.29, 1.82) is 0 Å². The Balaban J connectivity index is 1.28. The van der Waals surface area contributed by atoms with Crippen molar-refractivity contribution in [3.8, 4) is 5.75 Å². The van der Waals surface area contributed by atoms with Crippen molar-refractivity contribution in [2.75, 3.05) is 25.5 Å². The number of anilines is 1. The Hall–Kier alpha value is -2.25. The number of ether oxygens (including phenoxy) is 1. The van der Waals surface area contributed by atoms with Crippen LogP contribution in [-0.4, -0.2) is 52.4 Å². The molecule has 0 aliphatic carbocycles. The molecule has 2 aromatic rings. The van der Waals surface area contributed by atoms with Gasteiger partial charge in [-0.15, -0.1) is 0 Å². The van der Waals surface area contributed by atoms with Gasteiger partial charge in [0, 0.05) is 38.3 Å². The number of nitrogens with zero attached hydrogens (tertiary/aromatic N) is 3. The van der Waals surface area contributed by atoms with Gasteiger partial charge in [0.2, 0.25) is 11.5 Å². The Morgan fingerprint density at radius 1 is 1.32 bits per heavy atom. The van der Waals surface area contributed by atoms with Crippen LogP contribution in [0.25, 0.3) is 0 Å². The van der Waals surface area contributed by atoms with Crippen LogP contribution in [0.15, 0.2) is 41.3 Å². The summed E-state index contributed by atoms with van der Waals surface area (Å²) in [4.78, 5) is 21.4. The predicted octanol–water partition coefficient (Wildman–Crippen LogP) is 3.32. The number of hydrogen-bond donors (Lipinski definition) is 1. The standard InChI is InChI=1S/C21H26N4O2S/c1-14-4-9-19-20(22-14)23-21(28-19)27-18-7-5-16(6-8-18)12-24(3)13-17-10-11-25(17)15(2)26/h4-9,17,21H,10-13H2,1-3H3,(H,22,23)/t17-,21?/m0/s1. The summed E-state index contributed by atoms with van der Waals surface area (Å²) in [6, 6.07) is 12.7. The number of likely N-dealkylation sites (tertiary alicyclic amines) is 1. The number of fused-ring (bicyclic) bond motifs is 1. The van der Waals surface area contributed by atoms with Crippen LogP contribution in [0.5, 0.6) is 5.75 Å². The zero-order valence-corrected chi connectivity index (χ0v) is 17.3. The van der Waals surface area contributed by atoms with Crippen molar-refractivity contribution in [2.45, 2.75) is 43.3 Å². The number of thioether (sulfide) groups is 1. The summed E-state index contributed by atoms with van der Waals surface area (Å²) in [5, 5.41) is 3.31. The maximum atomic E-state index is 11.5. The van der Waals surface area contributed by atoms with E-state index < -0.39 is 0 Å². The number of benzene rings is 1. The molecule has 1 unspecified atom stereocenters. The molecule has 1 amide bonds. The number of carbonyl (C=O) groups is 1. The molecule has 6 nitrogen and oxygen atoms in total. The summed E-state index contributed by atoms with van der Waals surface area (Å²) in [6.07, 6.45) is 1.10. The van der Waals surface area contributed by atoms with E-state index in [0.717, 1.165) is 48.2 Å². The Bertz CT molecular complexity index is 858. The predicted molar refractivity (Wildman–Crippen MR) is 111 cm³/mol. The normalized spacial score (nSPS) is 20.5. The molecule has 0 radical (unpaired) electrons. The quantitative estimate of drug-likeness (QED) is 0.806. The zero-order valence-electron chi connectivity index (χ0n) is 16.5. The molecule has 2 aliphatic heterocycles. The first kappa shape index (κ1) is 19.1. The lowest BCUT2D eigenvalue weighted by Gasteiger charge is -2.42. The summed E-state index contributed by atoms with van der Waals surface area (Å²) in [5.74, 6) is 1.91. The fraction of sp³-hybridized carbons (Fsp3) is 0.429. The van der Waals surface area contributed by atoms with E-state index in [0.29, 0.717) is 6.04 Å². The van der Waals surface area contributed by atoms with E-state index in [2.05, 4.69) is 40.4 Å². The van der Waals surface area contributed by atoms with Crippen LogP contribution in [0, 0.1) is 6.92 Å². The molecule has 148 valence electrons. The summed E-state index contributed by atoms with van der Waals surface area (Å²) in [7, 11) is 2.10. The third kappa shape index (κ3) is 4.25. The highest BCUT2D eigenvalue weighted by Crippen LogP contribution is 2.37. The number of carbonyl (C=O) groups excluding carboxylic acids is 1. The van der Waals surface area contributed by atoms with Gasteiger partial charge in [0.15, 0.2) is 0 Å². The third-order valence-electron chi connectivity index (χ3n) is 5.18. The molecule has 7 heteroatoms. The van der Waals surface area contributed by atoms with Gasteiger partial charge in [0.25, 0.3) is 0 Å². The molecule has 0 saturated carbocycles. The minimum absolute atomic E-state index is 0.158. The minimum atomic E-state index is -0.158. The summed E-state index contributed by atoms with van der Waals surface area (Å²) >= 11 is 1.64. The Kier molecular flexibility index (Phi) is 5.46. The molecule has 28 heavy (non-hydrogen) atoms. The number of rotatable bonds is 6. The molecule has 0 bridgehead atoms. The van der Waals surface area contributed by atoms with E-state index in [1.54, 1.807) is 18.7 Å². The number of aryl methyl sites for hydroxylation is 1. The van der Waals surface area contributed by atoms with Crippen LogP contribution in [-0.2, 0) is 11.3 Å². The first-order valence-electron chi connectivity index (χ1n) is 9.60. The molecule has 1 saturated heterocycles. The highest BCUT2D eigenvalue weighted by molar-refractivity contribution is 8.00. The molecule has 4 rings (SSSR count). The smallest absolute Gasteiger partial charge is 0.224 e. The summed E-state index contributed by atoms with van der Waals surface area (Å²) in [5.41, 5.74) is 2.07. The van der Waals surface area contributed by atoms with E-state index in [1.165, 1.54) is 5.56 Å². The maximum Gasteiger partial charge on any atom is 0.224 e. The number of amides is 1. The van der Waals surface area contributed by atoms with E-state index in [-0.39, 0.29) is 11.5 Å². The van der Waals surface area contributed by atoms with Crippen molar-refractivity contribution < 1.29 is 9.53 Å². The van der Waals surface area contributed by atoms with Crippen molar-refractivity contribution in [3.63, 3.8) is 0 Å². The number of nitrogens with one attached hydrogen (secondary N) is 1. The Labute approximate surface area is 170 Å². The molecule has 1 N–H and O–H groups in total. The second kappa shape index (κ2) is 8.01. The van der Waals surface area contributed by atoms with Crippen LogP contribution in [0.1, 0.15) is 24.6 Å². The molecule has 1 aromatic carbocycles. The topological polar surface area (TPSA) is 57.7 Å². The lowest BCUT2D eigenvalue weighted by atomic mass is 10.0. The average molecular weight is 399 g/mol. The Morgan fingerprint density at radius 2 is 2.11 bits per heavy atom. The second-order valence-electron chi connectivity index (χ2n) is 7.51. The van der Waals surface area contributed by atoms with Gasteiger partial charge in [-0.05, 0) is 50.2 Å². The third-order valence-corrected chi connectivity index (χ3v) is 6.19. The van der Waals surface area contributed by atoms with Crippen LogP contribution in [0.2, 0.25) is 0 Å². The number of likely N-dealkylation sites (N-methyl/N-ethyl adjacent to an activating group) is 1. The van der Waals surface area contributed by atoms with Gasteiger partial charge in [0.1, 0.15) is 11.6 Å². The van der Waals surface area contributed by atoms with Crippen LogP contribution in [0.3, 0.4) is 0 Å². The van der Waals surface area contributed by atoms with Gasteiger partial charge in [-0.1, -0.05) is 23.9 Å². The van der Waals surface area contributed by atoms with Crippen LogP contribution < -0.4 is 10.1 Å². The molecular formula is C21H26N4O2S. The molecule has 2 aliphatic rings. The molecule has 1 aromatic heterocycles. The summed E-state index contributed by atoms with van der Waals surface area (Å²) in [6.45, 7) is 6.29. The fourth-order valence-electron chi connectivity index (χ4n) is 3.63. The largest absolute Gasteiger partial charge is 0.461 e. The highest BCUT2D eigenvalue weighted by atomic mass is 32.2. The van der Waals surface area contributed by atoms with Gasteiger partial charge in [-0.25, -0.2) is 4.98 Å². The maximum absolute atomic E-state index is 11.5. The molecular weight excluding hydrogens is 372 g/mol. The second-order valence-corrected chi connectivity index (χ2v) is 8.61. The van der Waals surface area contributed by atoms with Crippen molar-refractivity contribution in [2.24, 2.45) is 0 Å². The SMILES string of the molecule is CC(=O)N1CC[C@H]1CN(C)Cc1ccc(OC2Nc3nc(C)ccc3S2)cc1. The molecule has 1 fully saturated rings. The van der Waals surface area contributed by atoms with Crippen molar-refractivity contribution in [3.05, 3.63) is 47.7 Å². The van der Waals surface area contributed by atoms with Crippen molar-refractivity contribution >= 4 is 23.5 Å². The van der Waals surface area contributed by atoms with E-state index in [1.807, 2.05) is 30.0 Å². The first-order chi connectivity index (χ1) is 13.5. The highest BCUT2D eigenvalue weighted by Gasteiger charge is 2.30. The van der Waals surface area contributed by atoms with Gasteiger partial charge in [-0.3, -0.25) is 4.79 Å². The molecule has 3 heterocycles. The van der Waals surface area contributed by atoms with Crippen LogP contribution in [0.4, 0.5) is 5.82 Å². The fourth-order valence-corrected chi connectivity index (χ4v) is 4.55. The van der Waals surface area contributed by atoms with E-state index >= 15 is 0 Å². The molecule has 0 spiro atoms. The number of aromatic nitrogens is 1. The van der Waals surface area contributed by atoms with Gasteiger partial charge in [0.05, 0.1) is 4.90 Å². The lowest BCUT2D eigenvalue weighted by molar-refractivity contribution is -0.137. The van der Waals surface area contributed by atoms with E-state index in [4.69, 9.17) is 4.74 Å². The van der Waals surface area contributed by atoms with Crippen LogP contribution >= 0.6 is 11.8 Å². The van der Waals surface area contributed by atoms with Crippen molar-refractivity contribution in [1.82, 2.24) is 14.8 Å². The average Bonchev–Trinajstić information content (AvgIpc) is 3.01. The number of pyridine rings is 1. The van der Waals surface area contributed by atoms with Gasteiger partial charge in [-0.2, -0.15) is 0 Å². The Morgan fingerprint density at radius 3 is 2.79 bits per heavy atom. The lowest BCUT2D eigenvalue weighted by Crippen LogP contribution is -2.54. The van der Waals surface area contributed by atoms with Gasteiger partial charge >= 0.3 is 0 Å². The van der Waals surface area contributed by atoms with Gasteiger partial charge < -0.3 is 19.9 Å². The molecule has 2 atom stereocenters. The number of hydrogen-bond acceptors (Lipinski definition) is 6. The zero-order chi connectivity index (χ0) is 19.7. The van der Waals surface area contributed by atoms with E-state index in [9.17, 15) is 4.79 Å². The summed E-state index contributed by atoms with van der Waals surface area (Å²) < 4.78 is 6.04. The minimum Gasteiger partial charge on any atom is -0.461 e.